The average Bonchev–Trinajstić information content (AvgIpc) is 2.46. The van der Waals surface area contributed by atoms with Crippen LogP contribution in [0.15, 0.2) is 0 Å². The fourth-order valence-electron chi connectivity index (χ4n) is 2.20. The van der Waals surface area contributed by atoms with Gasteiger partial charge in [-0.1, -0.05) is 13.8 Å². The van der Waals surface area contributed by atoms with Crippen LogP contribution in [0, 0.1) is 11.8 Å². The second-order valence-electron chi connectivity index (χ2n) is 5.05. The molecule has 1 rings (SSSR count). The summed E-state index contributed by atoms with van der Waals surface area (Å²) in [7, 11) is 2.05. The average molecular weight is 198 g/mol. The number of hydrogen-bond acceptors (Lipinski definition) is 2. The van der Waals surface area contributed by atoms with Gasteiger partial charge in [0.05, 0.1) is 0 Å². The highest BCUT2D eigenvalue weighted by atomic mass is 15.1. The molecule has 0 spiro atoms. The lowest BCUT2D eigenvalue weighted by molar-refractivity contribution is 0.309. The molecule has 0 radical (unpaired) electrons. The van der Waals surface area contributed by atoms with Gasteiger partial charge in [-0.15, -0.1) is 0 Å². The van der Waals surface area contributed by atoms with Crippen molar-refractivity contribution in [3.8, 4) is 0 Å². The maximum atomic E-state index is 3.29. The molecule has 1 aliphatic heterocycles. The summed E-state index contributed by atoms with van der Waals surface area (Å²) in [5.74, 6) is 1.80. The van der Waals surface area contributed by atoms with E-state index in [9.17, 15) is 0 Å². The van der Waals surface area contributed by atoms with Crippen LogP contribution >= 0.6 is 0 Å². The van der Waals surface area contributed by atoms with Crippen LogP contribution in [-0.4, -0.2) is 37.6 Å². The summed E-state index contributed by atoms with van der Waals surface area (Å²) in [4.78, 5) is 2.62. The third-order valence-electron chi connectivity index (χ3n) is 3.67. The highest BCUT2D eigenvalue weighted by molar-refractivity contribution is 4.78. The van der Waals surface area contributed by atoms with Gasteiger partial charge in [0, 0.05) is 19.1 Å². The molecule has 2 nitrogen and oxygen atoms in total. The van der Waals surface area contributed by atoms with Crippen LogP contribution in [0.4, 0.5) is 0 Å². The summed E-state index contributed by atoms with van der Waals surface area (Å²) in [6.45, 7) is 10.9. The number of rotatable bonds is 5. The first kappa shape index (κ1) is 12.0. The molecule has 1 aliphatic rings. The Balaban J connectivity index is 2.08. The van der Waals surface area contributed by atoms with Crippen molar-refractivity contribution < 1.29 is 0 Å². The maximum Gasteiger partial charge on any atom is 0.00362 e. The van der Waals surface area contributed by atoms with Crippen molar-refractivity contribution in [3.63, 3.8) is 0 Å². The van der Waals surface area contributed by atoms with E-state index in [4.69, 9.17) is 0 Å². The monoisotopic (exact) mass is 198 g/mol. The molecule has 1 fully saturated rings. The fraction of sp³-hybridized carbons (Fsp3) is 1.00. The van der Waals surface area contributed by atoms with Gasteiger partial charge in [-0.2, -0.15) is 0 Å². The van der Waals surface area contributed by atoms with E-state index in [-0.39, 0.29) is 0 Å². The molecule has 1 saturated heterocycles. The molecule has 0 aromatic rings. The maximum absolute atomic E-state index is 3.29. The lowest BCUT2D eigenvalue weighted by Crippen LogP contribution is -2.26. The molecule has 1 heterocycles. The Labute approximate surface area is 89.1 Å². The summed E-state index contributed by atoms with van der Waals surface area (Å²) < 4.78 is 0. The van der Waals surface area contributed by atoms with Crippen LogP contribution in [0.2, 0.25) is 0 Å². The van der Waals surface area contributed by atoms with Gasteiger partial charge in [-0.3, -0.25) is 0 Å². The van der Waals surface area contributed by atoms with E-state index in [1.165, 1.54) is 32.5 Å². The summed E-state index contributed by atoms with van der Waals surface area (Å²) >= 11 is 0. The molecule has 2 heteroatoms. The number of nitrogens with one attached hydrogen (secondary N) is 1. The van der Waals surface area contributed by atoms with E-state index in [1.54, 1.807) is 0 Å². The second kappa shape index (κ2) is 5.72. The zero-order chi connectivity index (χ0) is 10.6. The van der Waals surface area contributed by atoms with Gasteiger partial charge in [-0.05, 0) is 45.2 Å². The molecular weight excluding hydrogens is 172 g/mol. The van der Waals surface area contributed by atoms with E-state index >= 15 is 0 Å². The number of hydrogen-bond donors (Lipinski definition) is 1. The molecule has 3 unspecified atom stereocenters. The summed E-state index contributed by atoms with van der Waals surface area (Å²) in [6, 6.07) is 0.674. The first-order chi connectivity index (χ1) is 6.63. The molecule has 0 aromatic heterocycles. The highest BCUT2D eigenvalue weighted by Crippen LogP contribution is 2.22. The van der Waals surface area contributed by atoms with Crippen molar-refractivity contribution in [1.82, 2.24) is 10.2 Å². The molecule has 1 N–H and O–H groups in total. The molecule has 0 aliphatic carbocycles. The third-order valence-corrected chi connectivity index (χ3v) is 3.67. The van der Waals surface area contributed by atoms with Crippen LogP contribution in [0.1, 0.15) is 33.6 Å². The zero-order valence-corrected chi connectivity index (χ0v) is 10.2. The highest BCUT2D eigenvalue weighted by Gasteiger charge is 2.25. The quantitative estimate of drug-likeness (QED) is 0.726. The van der Waals surface area contributed by atoms with Gasteiger partial charge in [0.1, 0.15) is 0 Å². The Hall–Kier alpha value is -0.0800. The first-order valence-electron chi connectivity index (χ1n) is 6.03. The van der Waals surface area contributed by atoms with Crippen molar-refractivity contribution in [2.75, 3.05) is 26.7 Å². The molecule has 0 aromatic carbocycles. The molecule has 3 atom stereocenters. The lowest BCUT2D eigenvalue weighted by Gasteiger charge is -2.16. The van der Waals surface area contributed by atoms with E-state index in [0.717, 1.165) is 11.8 Å². The van der Waals surface area contributed by atoms with Crippen LogP contribution in [-0.2, 0) is 0 Å². The Bertz CT molecular complexity index is 148. The van der Waals surface area contributed by atoms with Gasteiger partial charge < -0.3 is 10.2 Å². The Kier molecular flexibility index (Phi) is 4.90. The first-order valence-corrected chi connectivity index (χ1v) is 6.03. The van der Waals surface area contributed by atoms with Crippen molar-refractivity contribution in [3.05, 3.63) is 0 Å². The molecule has 0 bridgehead atoms. The normalized spacial score (nSPS) is 30.9. The van der Waals surface area contributed by atoms with E-state index in [2.05, 4.69) is 31.0 Å². The molecule has 14 heavy (non-hydrogen) atoms. The SMILES string of the molecule is CNC(C)CCCN1CC(C)C(C)C1. The third kappa shape index (κ3) is 3.58. The van der Waals surface area contributed by atoms with Crippen LogP contribution in [0.5, 0.6) is 0 Å². The standard InChI is InChI=1S/C12H26N2/c1-10-8-14(9-11(10)2)7-5-6-12(3)13-4/h10-13H,5-9H2,1-4H3. The van der Waals surface area contributed by atoms with Crippen LogP contribution in [0.3, 0.4) is 0 Å². The fourth-order valence-corrected chi connectivity index (χ4v) is 2.20. The predicted molar refractivity (Wildman–Crippen MR) is 62.5 cm³/mol. The van der Waals surface area contributed by atoms with Crippen molar-refractivity contribution in [1.29, 1.82) is 0 Å². The number of likely N-dealkylation sites (tertiary alicyclic amines) is 1. The van der Waals surface area contributed by atoms with E-state index in [1.807, 2.05) is 7.05 Å². The number of nitrogens with zero attached hydrogens (tertiary/aromatic N) is 1. The minimum Gasteiger partial charge on any atom is -0.317 e. The van der Waals surface area contributed by atoms with Crippen molar-refractivity contribution >= 4 is 0 Å². The molecule has 0 saturated carbocycles. The minimum absolute atomic E-state index is 0.674. The van der Waals surface area contributed by atoms with Gasteiger partial charge in [0.2, 0.25) is 0 Å². The Morgan fingerprint density at radius 3 is 2.36 bits per heavy atom. The van der Waals surface area contributed by atoms with E-state index in [0.29, 0.717) is 6.04 Å². The van der Waals surface area contributed by atoms with Gasteiger partial charge in [0.25, 0.3) is 0 Å². The molecule has 84 valence electrons. The molecule has 0 amide bonds. The van der Waals surface area contributed by atoms with Crippen LogP contribution < -0.4 is 5.32 Å². The minimum atomic E-state index is 0.674. The van der Waals surface area contributed by atoms with Crippen LogP contribution in [0.25, 0.3) is 0 Å². The predicted octanol–water partition coefficient (Wildman–Crippen LogP) is 1.96. The summed E-state index contributed by atoms with van der Waals surface area (Å²) in [5, 5.41) is 3.29. The van der Waals surface area contributed by atoms with Crippen molar-refractivity contribution in [2.24, 2.45) is 11.8 Å². The Morgan fingerprint density at radius 1 is 1.29 bits per heavy atom. The molecular formula is C12H26N2. The Morgan fingerprint density at radius 2 is 1.86 bits per heavy atom. The van der Waals surface area contributed by atoms with Gasteiger partial charge >= 0.3 is 0 Å². The lowest BCUT2D eigenvalue weighted by atomic mass is 10.0. The smallest absolute Gasteiger partial charge is 0.00362 e. The van der Waals surface area contributed by atoms with Gasteiger partial charge in [-0.25, -0.2) is 0 Å². The largest absolute Gasteiger partial charge is 0.317 e. The summed E-state index contributed by atoms with van der Waals surface area (Å²) in [5.41, 5.74) is 0. The topological polar surface area (TPSA) is 15.3 Å². The zero-order valence-electron chi connectivity index (χ0n) is 10.2. The van der Waals surface area contributed by atoms with E-state index < -0.39 is 0 Å². The van der Waals surface area contributed by atoms with Gasteiger partial charge in [0.15, 0.2) is 0 Å². The van der Waals surface area contributed by atoms with Crippen molar-refractivity contribution in [2.45, 2.75) is 39.7 Å². The second-order valence-corrected chi connectivity index (χ2v) is 5.05. The summed E-state index contributed by atoms with van der Waals surface area (Å²) in [6.07, 6.45) is 2.64.